The summed E-state index contributed by atoms with van der Waals surface area (Å²) in [5.41, 5.74) is -1.18. The quantitative estimate of drug-likeness (QED) is 0.425. The first-order valence-corrected chi connectivity index (χ1v) is 5.66. The van der Waals surface area contributed by atoms with E-state index < -0.39 is 13.2 Å². The molecule has 0 saturated carbocycles. The summed E-state index contributed by atoms with van der Waals surface area (Å²) in [7, 11) is 3.38. The van der Waals surface area contributed by atoms with E-state index in [1.54, 1.807) is 38.0 Å². The molecule has 0 aliphatic heterocycles. The smallest absolute Gasteiger partial charge is 0.349 e. The maximum Gasteiger partial charge on any atom is 0.417 e. The van der Waals surface area contributed by atoms with Gasteiger partial charge >= 0.3 is 13.2 Å². The van der Waals surface area contributed by atoms with Gasteiger partial charge in [0.2, 0.25) is 5.96 Å². The Kier molecular flexibility index (Phi) is 4.93. The van der Waals surface area contributed by atoms with Gasteiger partial charge in [-0.1, -0.05) is 0 Å². The molecule has 0 spiro atoms. The second-order valence-corrected chi connectivity index (χ2v) is 4.97. The summed E-state index contributed by atoms with van der Waals surface area (Å²) in [4.78, 5) is 26.9. The average molecular weight is 237 g/mol. The lowest BCUT2D eigenvalue weighted by atomic mass is 10.7. The average Bonchev–Trinajstić information content (AvgIpc) is 2.12. The maximum absolute atomic E-state index is 11.2. The summed E-state index contributed by atoms with van der Waals surface area (Å²) >= 11 is 0. The van der Waals surface area contributed by atoms with Crippen molar-refractivity contribution in [1.29, 1.82) is 0 Å². The number of aliphatic imine (C=N–C) groups is 1. The summed E-state index contributed by atoms with van der Waals surface area (Å²) in [6.45, 7) is 0. The van der Waals surface area contributed by atoms with Crippen molar-refractivity contribution in [3.05, 3.63) is 0 Å². The predicted molar refractivity (Wildman–Crippen MR) is 57.0 cm³/mol. The molecule has 0 aliphatic rings. The molecule has 0 aromatic heterocycles. The summed E-state index contributed by atoms with van der Waals surface area (Å²) in [6, 6.07) is 0. The van der Waals surface area contributed by atoms with Gasteiger partial charge in [0.1, 0.15) is 0 Å². The molecule has 0 heterocycles. The van der Waals surface area contributed by atoms with Crippen LogP contribution in [0.25, 0.3) is 0 Å². The number of hydrogen-bond acceptors (Lipinski definition) is 3. The van der Waals surface area contributed by atoms with Crippen LogP contribution < -0.4 is 0 Å². The summed E-state index contributed by atoms with van der Waals surface area (Å²) in [6.07, 6.45) is 0. The zero-order valence-corrected chi connectivity index (χ0v) is 10.4. The van der Waals surface area contributed by atoms with Crippen LogP contribution in [0, 0.1) is 0 Å². The van der Waals surface area contributed by atoms with Crippen LogP contribution in [0.2, 0.25) is 0 Å². The van der Waals surface area contributed by atoms with E-state index in [-0.39, 0.29) is 5.96 Å². The minimum Gasteiger partial charge on any atom is -0.349 e. The van der Waals surface area contributed by atoms with E-state index in [0.717, 1.165) is 7.11 Å². The Morgan fingerprint density at radius 3 is 1.93 bits per heavy atom. The van der Waals surface area contributed by atoms with Crippen LogP contribution in [0.15, 0.2) is 4.99 Å². The van der Waals surface area contributed by atoms with Gasteiger partial charge in [0, 0.05) is 35.3 Å². The van der Waals surface area contributed by atoms with E-state index in [1.807, 2.05) is 0 Å². The molecule has 1 atom stereocenters. The van der Waals surface area contributed by atoms with Gasteiger partial charge in [-0.2, -0.15) is 4.99 Å². The molecular weight excluding hydrogens is 221 g/mol. The molecule has 0 fully saturated rings. The molecule has 0 aliphatic carbocycles. The van der Waals surface area contributed by atoms with Gasteiger partial charge in [0.05, 0.1) is 0 Å². The first kappa shape index (κ1) is 14.1. The number of rotatable bonds is 2. The molecule has 15 heavy (non-hydrogen) atoms. The normalized spacial score (nSPS) is 14.0. The van der Waals surface area contributed by atoms with Crippen LogP contribution in [0.1, 0.15) is 0 Å². The van der Waals surface area contributed by atoms with Crippen molar-refractivity contribution in [2.24, 2.45) is 4.99 Å². The number of carbonyl (C=O) groups is 1. The van der Waals surface area contributed by atoms with Gasteiger partial charge in [0.25, 0.3) is 0 Å². The Balaban J connectivity index is 5.02. The summed E-state index contributed by atoms with van der Waals surface area (Å²) < 4.78 is 15.3. The Bertz CT molecular complexity index is 303. The SMILES string of the molecule is COP(=O)(O)C(=O)N=C(N(C)C)N(C)C. The fraction of sp³-hybridized carbons (Fsp3) is 0.714. The molecule has 0 rings (SSSR count). The number of guanidine groups is 1. The molecule has 0 aromatic rings. The lowest BCUT2D eigenvalue weighted by Gasteiger charge is -2.22. The van der Waals surface area contributed by atoms with Crippen LogP contribution >= 0.6 is 7.60 Å². The van der Waals surface area contributed by atoms with Gasteiger partial charge < -0.3 is 19.2 Å². The van der Waals surface area contributed by atoms with E-state index in [1.165, 1.54) is 0 Å². The fourth-order valence-electron chi connectivity index (χ4n) is 0.827. The highest BCUT2D eigenvalue weighted by Crippen LogP contribution is 2.42. The van der Waals surface area contributed by atoms with Crippen LogP contribution in [-0.2, 0) is 9.09 Å². The first-order chi connectivity index (χ1) is 6.72. The minimum absolute atomic E-state index is 0.270. The molecule has 1 amide bonds. The minimum atomic E-state index is -4.28. The molecule has 1 unspecified atom stereocenters. The molecule has 7 nitrogen and oxygen atoms in total. The maximum atomic E-state index is 11.2. The van der Waals surface area contributed by atoms with Crippen molar-refractivity contribution in [2.45, 2.75) is 0 Å². The molecule has 88 valence electrons. The van der Waals surface area contributed by atoms with E-state index >= 15 is 0 Å². The lowest BCUT2D eigenvalue weighted by Crippen LogP contribution is -2.36. The molecule has 1 N–H and O–H groups in total. The second-order valence-electron chi connectivity index (χ2n) is 3.19. The highest BCUT2D eigenvalue weighted by atomic mass is 31.2. The third-order valence-corrected chi connectivity index (χ3v) is 2.56. The molecule has 0 radical (unpaired) electrons. The lowest BCUT2D eigenvalue weighted by molar-refractivity contribution is 0.249. The monoisotopic (exact) mass is 237 g/mol. The molecular formula is C7H16N3O4P. The van der Waals surface area contributed by atoms with Crippen molar-refractivity contribution in [1.82, 2.24) is 9.80 Å². The van der Waals surface area contributed by atoms with E-state index in [4.69, 9.17) is 4.89 Å². The van der Waals surface area contributed by atoms with Gasteiger partial charge in [-0.25, -0.2) is 4.57 Å². The highest BCUT2D eigenvalue weighted by molar-refractivity contribution is 7.70. The van der Waals surface area contributed by atoms with Gasteiger partial charge in [-0.15, -0.1) is 0 Å². The zero-order valence-electron chi connectivity index (χ0n) is 9.46. The Morgan fingerprint density at radius 1 is 1.27 bits per heavy atom. The van der Waals surface area contributed by atoms with Crippen molar-refractivity contribution in [3.8, 4) is 0 Å². The van der Waals surface area contributed by atoms with Gasteiger partial charge in [-0.05, 0) is 0 Å². The second kappa shape index (κ2) is 5.25. The van der Waals surface area contributed by atoms with E-state index in [0.29, 0.717) is 0 Å². The predicted octanol–water partition coefficient (Wildman–Crippen LogP) is 0.417. The van der Waals surface area contributed by atoms with E-state index in [2.05, 4.69) is 9.52 Å². The van der Waals surface area contributed by atoms with Gasteiger partial charge in [0.15, 0.2) is 0 Å². The van der Waals surface area contributed by atoms with Crippen molar-refractivity contribution in [3.63, 3.8) is 0 Å². The van der Waals surface area contributed by atoms with Crippen LogP contribution in [0.5, 0.6) is 0 Å². The van der Waals surface area contributed by atoms with Crippen LogP contribution in [0.4, 0.5) is 4.79 Å². The third kappa shape index (κ3) is 3.99. The zero-order chi connectivity index (χ0) is 12.2. The highest BCUT2D eigenvalue weighted by Gasteiger charge is 2.29. The van der Waals surface area contributed by atoms with Crippen molar-refractivity contribution >= 4 is 19.2 Å². The van der Waals surface area contributed by atoms with Crippen molar-refractivity contribution in [2.75, 3.05) is 35.3 Å². The molecule has 0 saturated heterocycles. The molecule has 0 bridgehead atoms. The van der Waals surface area contributed by atoms with E-state index in [9.17, 15) is 9.36 Å². The number of hydrogen-bond donors (Lipinski definition) is 1. The van der Waals surface area contributed by atoms with Gasteiger partial charge in [-0.3, -0.25) is 4.79 Å². The topological polar surface area (TPSA) is 82.4 Å². The Morgan fingerprint density at radius 2 is 1.67 bits per heavy atom. The summed E-state index contributed by atoms with van der Waals surface area (Å²) in [5, 5.41) is 0. The summed E-state index contributed by atoms with van der Waals surface area (Å²) in [5.74, 6) is 0.270. The fourth-order valence-corrected chi connectivity index (χ4v) is 1.20. The van der Waals surface area contributed by atoms with Crippen LogP contribution in [0.3, 0.4) is 0 Å². The third-order valence-electron chi connectivity index (χ3n) is 1.48. The molecule has 0 aromatic carbocycles. The van der Waals surface area contributed by atoms with Crippen molar-refractivity contribution < 1.29 is 18.8 Å². The number of carbonyl (C=O) groups excluding carboxylic acids is 1. The largest absolute Gasteiger partial charge is 0.417 e. The molecule has 8 heteroatoms. The number of amides is 1. The Labute approximate surface area is 88.9 Å². The number of nitrogens with zero attached hydrogens (tertiary/aromatic N) is 3. The standard InChI is InChI=1S/C7H16N3O4P/c1-9(2)6(10(3)4)8-7(11)15(12,13)14-5/h1-5H3,(H,12,13). The van der Waals surface area contributed by atoms with Crippen LogP contribution in [-0.4, -0.2) is 61.6 Å². The Hall–Kier alpha value is -0.910. The first-order valence-electron chi connectivity index (χ1n) is 4.08.